The molecule has 0 saturated heterocycles. The number of nitrogens with one attached hydrogen (secondary N) is 1. The molecule has 1 amide bonds. The Bertz CT molecular complexity index is 1350. The number of nitrogens with zero attached hydrogens (tertiary/aromatic N) is 4. The number of thioether (sulfide) groups is 1. The number of amides is 1. The highest BCUT2D eigenvalue weighted by atomic mass is 32.2. The number of thiophene rings is 1. The van der Waals surface area contributed by atoms with Gasteiger partial charge in [-0.2, -0.15) is 4.68 Å². The minimum atomic E-state index is -0.427. The average Bonchev–Trinajstić information content (AvgIpc) is 3.48. The molecule has 2 aromatic heterocycles. The van der Waals surface area contributed by atoms with Crippen molar-refractivity contribution in [1.29, 1.82) is 0 Å². The van der Waals surface area contributed by atoms with Crippen LogP contribution in [0, 0.1) is 0 Å². The summed E-state index contributed by atoms with van der Waals surface area (Å²) >= 11 is 2.83. The Kier molecular flexibility index (Phi) is 6.41. The van der Waals surface area contributed by atoms with Gasteiger partial charge in [-0.15, -0.1) is 16.4 Å². The van der Waals surface area contributed by atoms with Gasteiger partial charge >= 0.3 is 5.97 Å². The molecule has 1 aliphatic carbocycles. The van der Waals surface area contributed by atoms with Gasteiger partial charge in [-0.05, 0) is 52.1 Å². The molecule has 1 N–H and O–H groups in total. The van der Waals surface area contributed by atoms with E-state index < -0.39 is 5.97 Å². The zero-order valence-electron chi connectivity index (χ0n) is 18.4. The molecule has 0 bridgehead atoms. The van der Waals surface area contributed by atoms with Crippen LogP contribution in [0.25, 0.3) is 16.1 Å². The van der Waals surface area contributed by atoms with Crippen molar-refractivity contribution < 1.29 is 14.3 Å². The van der Waals surface area contributed by atoms with Crippen molar-refractivity contribution in [2.75, 3.05) is 18.2 Å². The molecule has 1 aliphatic rings. The lowest BCUT2D eigenvalue weighted by Crippen LogP contribution is -2.15. The zero-order valence-corrected chi connectivity index (χ0v) is 20.0. The molecule has 8 nitrogen and oxygen atoms in total. The predicted octanol–water partition coefficient (Wildman–Crippen LogP) is 4.40. The largest absolute Gasteiger partial charge is 0.465 e. The summed E-state index contributed by atoms with van der Waals surface area (Å²) < 4.78 is 6.69. The van der Waals surface area contributed by atoms with Gasteiger partial charge in [0.05, 0.1) is 18.4 Å². The van der Waals surface area contributed by atoms with E-state index in [1.807, 2.05) is 42.5 Å². The van der Waals surface area contributed by atoms with Crippen molar-refractivity contribution in [3.8, 4) is 16.1 Å². The molecule has 0 saturated carbocycles. The van der Waals surface area contributed by atoms with Crippen LogP contribution in [0.15, 0.2) is 59.8 Å². The van der Waals surface area contributed by atoms with E-state index >= 15 is 0 Å². The molecule has 34 heavy (non-hydrogen) atoms. The van der Waals surface area contributed by atoms with Crippen LogP contribution in [0.2, 0.25) is 0 Å². The molecule has 0 spiro atoms. The third kappa shape index (κ3) is 4.34. The zero-order chi connectivity index (χ0) is 23.5. The fourth-order valence-corrected chi connectivity index (χ4v) is 6.11. The summed E-state index contributed by atoms with van der Waals surface area (Å²) in [5.41, 5.74) is 4.63. The number of hydrogen-bond donors (Lipinski definition) is 1. The summed E-state index contributed by atoms with van der Waals surface area (Å²) in [6, 6.07) is 17.8. The van der Waals surface area contributed by atoms with Crippen LogP contribution in [0.1, 0.15) is 27.9 Å². The molecule has 2 heterocycles. The van der Waals surface area contributed by atoms with E-state index in [9.17, 15) is 9.59 Å². The van der Waals surface area contributed by atoms with Crippen LogP contribution in [-0.2, 0) is 22.4 Å². The third-order valence-electron chi connectivity index (χ3n) is 5.56. The Morgan fingerprint density at radius 2 is 1.91 bits per heavy atom. The number of aromatic nitrogens is 4. The number of aryl methyl sites for hydroxylation is 1. The maximum atomic E-state index is 12.8. The topological polar surface area (TPSA) is 99.0 Å². The van der Waals surface area contributed by atoms with Gasteiger partial charge in [0.15, 0.2) is 0 Å². The second-order valence-corrected chi connectivity index (χ2v) is 9.70. The lowest BCUT2D eigenvalue weighted by atomic mass is 9.89. The van der Waals surface area contributed by atoms with Crippen LogP contribution < -0.4 is 5.32 Å². The molecule has 172 valence electrons. The number of methoxy groups -OCH3 is 1. The Hall–Kier alpha value is -3.50. The first-order valence-electron chi connectivity index (χ1n) is 10.7. The standard InChI is InChI=1S/C24H21N5O3S2/c1-32-23(31)20-18-12-11-15-7-5-6-10-17(15)21(18)34-22(20)25-19(30)13-14-33-24-26-27-28-29(24)16-8-3-2-4-9-16/h2-10H,11-14H2,1H3,(H,25,30). The van der Waals surface area contributed by atoms with Gasteiger partial charge in [0.2, 0.25) is 11.1 Å². The number of esters is 1. The number of carbonyl (C=O) groups excluding carboxylic acids is 2. The molecular weight excluding hydrogens is 470 g/mol. The predicted molar refractivity (Wildman–Crippen MR) is 132 cm³/mol. The Labute approximate surface area is 204 Å². The van der Waals surface area contributed by atoms with Gasteiger partial charge in [0, 0.05) is 17.1 Å². The quantitative estimate of drug-likeness (QED) is 0.302. The second kappa shape index (κ2) is 9.78. The number of ether oxygens (including phenoxy) is 1. The fourth-order valence-electron chi connectivity index (χ4n) is 3.97. The number of fused-ring (bicyclic) bond motifs is 3. The monoisotopic (exact) mass is 491 g/mol. The van der Waals surface area contributed by atoms with Gasteiger partial charge in [-0.25, -0.2) is 4.79 Å². The lowest BCUT2D eigenvalue weighted by Gasteiger charge is -2.16. The maximum absolute atomic E-state index is 12.8. The fraction of sp³-hybridized carbons (Fsp3) is 0.208. The summed E-state index contributed by atoms with van der Waals surface area (Å²) in [7, 11) is 1.36. The normalized spacial score (nSPS) is 12.0. The summed E-state index contributed by atoms with van der Waals surface area (Å²) in [5.74, 6) is -0.118. The Morgan fingerprint density at radius 1 is 1.12 bits per heavy atom. The minimum absolute atomic E-state index is 0.178. The summed E-state index contributed by atoms with van der Waals surface area (Å²) in [4.78, 5) is 26.4. The molecule has 4 aromatic rings. The van der Waals surface area contributed by atoms with Crippen LogP contribution in [0.3, 0.4) is 0 Å². The number of tetrazole rings is 1. The van der Waals surface area contributed by atoms with E-state index in [2.05, 4.69) is 33.0 Å². The molecule has 0 unspecified atom stereocenters. The first kappa shape index (κ1) is 22.3. The van der Waals surface area contributed by atoms with Crippen LogP contribution in [0.5, 0.6) is 0 Å². The molecule has 2 aromatic carbocycles. The number of benzene rings is 2. The van der Waals surface area contributed by atoms with Crippen LogP contribution in [-0.4, -0.2) is 44.9 Å². The summed E-state index contributed by atoms with van der Waals surface area (Å²) in [6.45, 7) is 0. The van der Waals surface area contributed by atoms with Crippen molar-refractivity contribution in [2.24, 2.45) is 0 Å². The number of hydrogen-bond acceptors (Lipinski definition) is 8. The van der Waals surface area contributed by atoms with Crippen molar-refractivity contribution >= 4 is 40.0 Å². The van der Waals surface area contributed by atoms with E-state index in [0.29, 0.717) is 21.5 Å². The van der Waals surface area contributed by atoms with E-state index in [1.165, 1.54) is 35.8 Å². The van der Waals surface area contributed by atoms with Crippen LogP contribution in [0.4, 0.5) is 5.00 Å². The van der Waals surface area contributed by atoms with Crippen molar-refractivity contribution in [1.82, 2.24) is 20.2 Å². The number of rotatable bonds is 7. The highest BCUT2D eigenvalue weighted by molar-refractivity contribution is 7.99. The SMILES string of the molecule is COC(=O)c1c(NC(=O)CCSc2nnnn2-c2ccccc2)sc2c1CCc1ccccc1-2. The molecule has 0 radical (unpaired) electrons. The number of para-hydroxylation sites is 1. The van der Waals surface area contributed by atoms with Crippen LogP contribution >= 0.6 is 23.1 Å². The number of carbonyl (C=O) groups is 2. The first-order chi connectivity index (χ1) is 16.7. The van der Waals surface area contributed by atoms with E-state index in [4.69, 9.17) is 4.74 Å². The number of anilines is 1. The van der Waals surface area contributed by atoms with Gasteiger partial charge in [-0.1, -0.05) is 54.2 Å². The molecule has 0 atom stereocenters. The van der Waals surface area contributed by atoms with Crippen molar-refractivity contribution in [3.05, 3.63) is 71.3 Å². The molecular formula is C24H21N5O3S2. The van der Waals surface area contributed by atoms with Gasteiger partial charge in [0.25, 0.3) is 0 Å². The Balaban J connectivity index is 1.30. The van der Waals surface area contributed by atoms with E-state index in [1.54, 1.807) is 4.68 Å². The average molecular weight is 492 g/mol. The highest BCUT2D eigenvalue weighted by Gasteiger charge is 2.29. The summed E-state index contributed by atoms with van der Waals surface area (Å²) in [5, 5.41) is 15.9. The molecule has 10 heteroatoms. The smallest absolute Gasteiger partial charge is 0.341 e. The van der Waals surface area contributed by atoms with Gasteiger partial charge in [0.1, 0.15) is 5.00 Å². The van der Waals surface area contributed by atoms with Crippen molar-refractivity contribution in [2.45, 2.75) is 24.4 Å². The second-order valence-electron chi connectivity index (χ2n) is 7.62. The highest BCUT2D eigenvalue weighted by Crippen LogP contribution is 2.45. The minimum Gasteiger partial charge on any atom is -0.465 e. The first-order valence-corrected chi connectivity index (χ1v) is 12.5. The Morgan fingerprint density at radius 3 is 2.74 bits per heavy atom. The lowest BCUT2D eigenvalue weighted by molar-refractivity contribution is -0.115. The van der Waals surface area contributed by atoms with Gasteiger partial charge in [-0.3, -0.25) is 4.79 Å². The maximum Gasteiger partial charge on any atom is 0.341 e. The molecule has 0 aliphatic heterocycles. The van der Waals surface area contributed by atoms with E-state index in [0.717, 1.165) is 34.5 Å². The van der Waals surface area contributed by atoms with Crippen molar-refractivity contribution in [3.63, 3.8) is 0 Å². The van der Waals surface area contributed by atoms with Gasteiger partial charge < -0.3 is 10.1 Å². The summed E-state index contributed by atoms with van der Waals surface area (Å²) in [6.07, 6.45) is 1.83. The molecule has 5 rings (SSSR count). The van der Waals surface area contributed by atoms with E-state index in [-0.39, 0.29) is 12.3 Å². The third-order valence-corrected chi connectivity index (χ3v) is 7.66. The molecule has 0 fully saturated rings.